The number of rotatable bonds is 8. The fraction of sp³-hybridized carbons (Fsp3) is 0.308. The van der Waals surface area contributed by atoms with Crippen molar-refractivity contribution in [2.24, 2.45) is 0 Å². The summed E-state index contributed by atoms with van der Waals surface area (Å²) in [4.78, 5) is 26.6. The number of ketones is 1. The van der Waals surface area contributed by atoms with Crippen molar-refractivity contribution in [3.8, 4) is 11.6 Å². The molecule has 1 aliphatic rings. The lowest BCUT2D eigenvalue weighted by Gasteiger charge is -2.25. The maximum atomic E-state index is 14.7. The predicted molar refractivity (Wildman–Crippen MR) is 132 cm³/mol. The van der Waals surface area contributed by atoms with Gasteiger partial charge in [0.05, 0.1) is 17.2 Å². The Kier molecular flexibility index (Phi) is 6.67. The number of likely N-dealkylation sites (tertiary alicyclic amines) is 1. The van der Waals surface area contributed by atoms with Gasteiger partial charge in [0.1, 0.15) is 24.5 Å². The van der Waals surface area contributed by atoms with Gasteiger partial charge in [-0.2, -0.15) is 4.98 Å². The molecule has 0 bridgehead atoms. The second-order valence-electron chi connectivity index (χ2n) is 8.54. The third kappa shape index (κ3) is 5.30. The Labute approximate surface area is 202 Å². The van der Waals surface area contributed by atoms with Crippen LogP contribution in [0, 0.1) is 5.82 Å². The molecule has 5 rings (SSSR count). The molecule has 3 heterocycles. The maximum absolute atomic E-state index is 14.7. The Bertz CT molecular complexity index is 1340. The number of nitrogens with one attached hydrogen (secondary N) is 1. The molecule has 0 atom stereocenters. The number of hydrogen-bond donors (Lipinski definition) is 1. The van der Waals surface area contributed by atoms with E-state index < -0.39 is 5.82 Å². The molecule has 4 aromatic rings. The van der Waals surface area contributed by atoms with Crippen LogP contribution in [0.2, 0.25) is 0 Å². The molecule has 0 radical (unpaired) electrons. The number of carbonyl (C=O) groups is 1. The summed E-state index contributed by atoms with van der Waals surface area (Å²) >= 11 is 0. The van der Waals surface area contributed by atoms with E-state index in [9.17, 15) is 9.18 Å². The lowest BCUT2D eigenvalue weighted by molar-refractivity contribution is -0.121. The van der Waals surface area contributed by atoms with E-state index in [4.69, 9.17) is 4.74 Å². The zero-order valence-electron chi connectivity index (χ0n) is 19.6. The number of aromatic nitrogens is 4. The number of fused-ring (bicyclic) bond motifs is 1. The number of ether oxygens (including phenoxy) is 1. The smallest absolute Gasteiger partial charge is 0.229 e. The highest BCUT2D eigenvalue weighted by atomic mass is 19.1. The fourth-order valence-electron chi connectivity index (χ4n) is 4.18. The largest absolute Gasteiger partial charge is 0.492 e. The lowest BCUT2D eigenvalue weighted by atomic mass is 10.1. The summed E-state index contributed by atoms with van der Waals surface area (Å²) in [5.41, 5.74) is 3.37. The van der Waals surface area contributed by atoms with Crippen molar-refractivity contribution in [3.05, 3.63) is 66.4 Å². The maximum Gasteiger partial charge on any atom is 0.229 e. The van der Waals surface area contributed by atoms with Crippen LogP contribution >= 0.6 is 0 Å². The highest BCUT2D eigenvalue weighted by molar-refractivity contribution is 5.79. The van der Waals surface area contributed by atoms with Crippen LogP contribution in [0.25, 0.3) is 16.9 Å². The molecule has 8 nitrogen and oxygen atoms in total. The van der Waals surface area contributed by atoms with Gasteiger partial charge in [0.15, 0.2) is 11.6 Å². The molecule has 9 heteroatoms. The summed E-state index contributed by atoms with van der Waals surface area (Å²) in [5.74, 6) is 0.934. The molecule has 1 saturated heterocycles. The molecule has 1 fully saturated rings. The quantitative estimate of drug-likeness (QED) is 0.407. The molecule has 0 aliphatic carbocycles. The van der Waals surface area contributed by atoms with Gasteiger partial charge in [0.25, 0.3) is 0 Å². The predicted octanol–water partition coefficient (Wildman–Crippen LogP) is 4.30. The number of anilines is 2. The second-order valence-corrected chi connectivity index (χ2v) is 8.54. The van der Waals surface area contributed by atoms with Gasteiger partial charge >= 0.3 is 0 Å². The topological polar surface area (TPSA) is 85.2 Å². The number of nitrogens with zero attached hydrogens (tertiary/aromatic N) is 5. The third-order valence-corrected chi connectivity index (χ3v) is 6.13. The van der Waals surface area contributed by atoms with E-state index in [1.165, 1.54) is 0 Å². The Hall–Kier alpha value is -3.85. The van der Waals surface area contributed by atoms with Gasteiger partial charge < -0.3 is 10.1 Å². The van der Waals surface area contributed by atoms with E-state index in [1.807, 2.05) is 42.5 Å². The molecule has 1 N–H and O–H groups in total. The summed E-state index contributed by atoms with van der Waals surface area (Å²) in [7, 11) is 0. The third-order valence-electron chi connectivity index (χ3n) is 6.13. The number of halogens is 1. The van der Waals surface area contributed by atoms with E-state index in [-0.39, 0.29) is 11.8 Å². The van der Waals surface area contributed by atoms with Crippen molar-refractivity contribution >= 4 is 28.5 Å². The number of carbonyl (C=O) groups excluding carboxylic acids is 1. The van der Waals surface area contributed by atoms with Crippen LogP contribution in [-0.2, 0) is 11.2 Å². The molecule has 1 aliphatic heterocycles. The monoisotopic (exact) mass is 474 g/mol. The molecule has 2 aromatic heterocycles. The summed E-state index contributed by atoms with van der Waals surface area (Å²) in [5, 5.41) is 3.19. The van der Waals surface area contributed by atoms with Gasteiger partial charge in [0, 0.05) is 44.2 Å². The molecular formula is C26H27FN6O2. The van der Waals surface area contributed by atoms with Crippen LogP contribution in [0.5, 0.6) is 5.75 Å². The summed E-state index contributed by atoms with van der Waals surface area (Å²) < 4.78 is 22.3. The zero-order valence-corrected chi connectivity index (χ0v) is 19.6. The van der Waals surface area contributed by atoms with Crippen molar-refractivity contribution < 1.29 is 13.9 Å². The van der Waals surface area contributed by atoms with Crippen LogP contribution in [-0.4, -0.2) is 56.4 Å². The second kappa shape index (κ2) is 10.2. The minimum absolute atomic E-state index is 0.124. The van der Waals surface area contributed by atoms with Crippen molar-refractivity contribution in [1.82, 2.24) is 24.4 Å². The number of benzene rings is 2. The molecule has 0 unspecified atom stereocenters. The first-order chi connectivity index (χ1) is 17.1. The Morgan fingerprint density at radius 3 is 2.77 bits per heavy atom. The fourth-order valence-corrected chi connectivity index (χ4v) is 4.18. The van der Waals surface area contributed by atoms with Gasteiger partial charge in [-0.1, -0.05) is 19.1 Å². The standard InChI is InChI=1S/C26H27FN6O2/c1-2-18-13-19(15-21(14-18)35-12-11-32-9-7-20(34)8-10-32)30-26-28-16-22(27)25(31-26)33-17-29-23-5-3-4-6-24(23)33/h3-6,13-17H,2,7-12H2,1H3,(H,28,30,31). The molecule has 2 aromatic carbocycles. The average Bonchev–Trinajstić information content (AvgIpc) is 3.30. The Balaban J connectivity index is 1.32. The molecule has 0 saturated carbocycles. The van der Waals surface area contributed by atoms with Gasteiger partial charge in [-0.05, 0) is 36.2 Å². The number of Topliss-reactive ketones (excluding diaryl/α,β-unsaturated/α-hetero) is 1. The normalized spacial score (nSPS) is 14.4. The van der Waals surface area contributed by atoms with E-state index in [2.05, 4.69) is 32.1 Å². The number of para-hydroxylation sites is 2. The van der Waals surface area contributed by atoms with Gasteiger partial charge in [-0.3, -0.25) is 14.3 Å². The Morgan fingerprint density at radius 2 is 1.94 bits per heavy atom. The number of imidazole rings is 1. The van der Waals surface area contributed by atoms with Crippen LogP contribution < -0.4 is 10.1 Å². The molecule has 180 valence electrons. The van der Waals surface area contributed by atoms with Crippen LogP contribution in [0.15, 0.2) is 55.0 Å². The number of aryl methyl sites for hydroxylation is 1. The van der Waals surface area contributed by atoms with E-state index in [0.29, 0.717) is 25.2 Å². The highest BCUT2D eigenvalue weighted by Crippen LogP contribution is 2.25. The number of hydrogen-bond acceptors (Lipinski definition) is 7. The minimum atomic E-state index is -0.538. The molecule has 0 spiro atoms. The van der Waals surface area contributed by atoms with Crippen LogP contribution in [0.1, 0.15) is 25.3 Å². The summed E-state index contributed by atoms with van der Waals surface area (Å²) in [6.07, 6.45) is 4.78. The SMILES string of the molecule is CCc1cc(Nc2ncc(F)c(-n3cnc4ccccc43)n2)cc(OCCN2CCC(=O)CC2)c1. The molecule has 0 amide bonds. The van der Waals surface area contributed by atoms with Crippen LogP contribution in [0.4, 0.5) is 16.0 Å². The van der Waals surface area contributed by atoms with Crippen molar-refractivity contribution in [2.75, 3.05) is 31.6 Å². The molecule has 35 heavy (non-hydrogen) atoms. The first kappa shape index (κ1) is 22.9. The zero-order chi connectivity index (χ0) is 24.2. The van der Waals surface area contributed by atoms with E-state index >= 15 is 0 Å². The van der Waals surface area contributed by atoms with Crippen LogP contribution in [0.3, 0.4) is 0 Å². The average molecular weight is 475 g/mol. The van der Waals surface area contributed by atoms with Gasteiger partial charge in [0.2, 0.25) is 5.95 Å². The molecular weight excluding hydrogens is 447 g/mol. The van der Waals surface area contributed by atoms with Crippen molar-refractivity contribution in [1.29, 1.82) is 0 Å². The lowest BCUT2D eigenvalue weighted by Crippen LogP contribution is -2.36. The van der Waals surface area contributed by atoms with Gasteiger partial charge in [-0.15, -0.1) is 0 Å². The van der Waals surface area contributed by atoms with E-state index in [0.717, 1.165) is 60.3 Å². The Morgan fingerprint density at radius 1 is 1.11 bits per heavy atom. The van der Waals surface area contributed by atoms with E-state index in [1.54, 1.807) is 10.9 Å². The summed E-state index contributed by atoms with van der Waals surface area (Å²) in [6.45, 7) is 4.96. The van der Waals surface area contributed by atoms with Crippen molar-refractivity contribution in [2.45, 2.75) is 26.2 Å². The van der Waals surface area contributed by atoms with Crippen molar-refractivity contribution in [3.63, 3.8) is 0 Å². The summed E-state index contributed by atoms with van der Waals surface area (Å²) in [6, 6.07) is 13.4. The first-order valence-corrected chi connectivity index (χ1v) is 11.8. The minimum Gasteiger partial charge on any atom is -0.492 e. The van der Waals surface area contributed by atoms with Gasteiger partial charge in [-0.25, -0.2) is 14.4 Å². The highest BCUT2D eigenvalue weighted by Gasteiger charge is 2.16. The first-order valence-electron chi connectivity index (χ1n) is 11.8. The number of piperidine rings is 1.